The summed E-state index contributed by atoms with van der Waals surface area (Å²) in [4.78, 5) is 4.29. The van der Waals surface area contributed by atoms with Crippen LogP contribution in [0.4, 0.5) is 0 Å². The molecule has 1 saturated heterocycles. The zero-order chi connectivity index (χ0) is 30.4. The van der Waals surface area contributed by atoms with Crippen LogP contribution in [0.3, 0.4) is 0 Å². The van der Waals surface area contributed by atoms with Crippen LogP contribution in [-0.4, -0.2) is 59.4 Å². The lowest BCUT2D eigenvalue weighted by atomic mass is 10.1. The lowest BCUT2D eigenvalue weighted by Gasteiger charge is -2.44. The van der Waals surface area contributed by atoms with Crippen molar-refractivity contribution in [2.75, 3.05) is 6.61 Å². The molecule has 1 aromatic heterocycles. The molecule has 0 radical (unpaired) electrons. The fourth-order valence-corrected chi connectivity index (χ4v) is 7.27. The Morgan fingerprint density at radius 2 is 1.33 bits per heavy atom. The molecule has 0 aliphatic carbocycles. The van der Waals surface area contributed by atoms with Gasteiger partial charge in [-0.3, -0.25) is 4.57 Å². The number of hydrogen-bond donors (Lipinski definition) is 0. The van der Waals surface area contributed by atoms with Crippen molar-refractivity contribution in [2.45, 2.75) is 141 Å². The van der Waals surface area contributed by atoms with E-state index >= 15 is 0 Å². The normalized spacial score (nSPS) is 23.5. The van der Waals surface area contributed by atoms with Crippen molar-refractivity contribution in [3.05, 3.63) is 17.7 Å². The first-order valence-corrected chi connectivity index (χ1v) is 22.7. The number of nitriles is 1. The number of imidazole rings is 1. The summed E-state index contributed by atoms with van der Waals surface area (Å²) in [6.07, 6.45) is 5.70. The van der Waals surface area contributed by atoms with Crippen LogP contribution >= 0.6 is 0 Å². The fraction of sp³-hybridized carbons (Fsp3) is 0.793. The van der Waals surface area contributed by atoms with Crippen molar-refractivity contribution in [2.24, 2.45) is 0 Å². The molecule has 2 heterocycles. The van der Waals surface area contributed by atoms with Gasteiger partial charge in [-0.25, -0.2) is 4.98 Å². The third-order valence-corrected chi connectivity index (χ3v) is 22.9. The minimum atomic E-state index is -2.28. The van der Waals surface area contributed by atoms with Crippen LogP contribution < -0.4 is 0 Å². The second-order valence-corrected chi connectivity index (χ2v) is 29.7. The van der Waals surface area contributed by atoms with Crippen LogP contribution in [0.15, 0.2) is 6.33 Å². The summed E-state index contributed by atoms with van der Waals surface area (Å²) in [5.74, 6) is 2.66. The standard InChI is InChI=1S/C29H53N3O4Si3/c1-17-22-21(18-30)31-20-32(22)26-25(36-39(15,16)29(8,9)10)24(35-38(13,14)28(5,6)7)23(34-26)19-33-37(11,12)27(2,3)4/h1,20,23-26H,19H2,2-16H3/t23-,24+,25?,26-/m1/s1. The van der Waals surface area contributed by atoms with Gasteiger partial charge in [-0.15, -0.1) is 6.42 Å². The largest absolute Gasteiger partial charge is 0.414 e. The van der Waals surface area contributed by atoms with E-state index in [0.29, 0.717) is 12.3 Å². The van der Waals surface area contributed by atoms with Gasteiger partial charge in [0.05, 0.1) is 12.9 Å². The summed E-state index contributed by atoms with van der Waals surface area (Å²) < 4.78 is 29.6. The molecule has 1 aliphatic rings. The van der Waals surface area contributed by atoms with E-state index in [1.807, 2.05) is 0 Å². The van der Waals surface area contributed by atoms with Gasteiger partial charge in [0.1, 0.15) is 30.1 Å². The number of ether oxygens (including phenoxy) is 1. The van der Waals surface area contributed by atoms with Gasteiger partial charge < -0.3 is 18.0 Å². The van der Waals surface area contributed by atoms with Crippen LogP contribution in [0.1, 0.15) is 79.9 Å². The Kier molecular flexibility index (Phi) is 9.75. The van der Waals surface area contributed by atoms with Gasteiger partial charge in [-0.1, -0.05) is 62.3 Å². The number of hydrogen-bond acceptors (Lipinski definition) is 6. The van der Waals surface area contributed by atoms with E-state index in [0.717, 1.165) is 0 Å². The summed E-state index contributed by atoms with van der Waals surface area (Å²) in [6, 6.07) is 2.11. The molecule has 1 fully saturated rings. The zero-order valence-corrected chi connectivity index (χ0v) is 30.1. The number of aromatic nitrogens is 2. The van der Waals surface area contributed by atoms with Gasteiger partial charge in [-0.2, -0.15) is 5.26 Å². The molecule has 0 N–H and O–H groups in total. The minimum Gasteiger partial charge on any atom is -0.414 e. The van der Waals surface area contributed by atoms with Gasteiger partial charge in [0.2, 0.25) is 0 Å². The third kappa shape index (κ3) is 7.16. The molecule has 1 aliphatic heterocycles. The van der Waals surface area contributed by atoms with Gasteiger partial charge in [0, 0.05) is 0 Å². The van der Waals surface area contributed by atoms with Crippen molar-refractivity contribution >= 4 is 25.0 Å². The summed E-state index contributed by atoms with van der Waals surface area (Å²) in [6.45, 7) is 34.0. The van der Waals surface area contributed by atoms with E-state index in [2.05, 4.69) is 119 Å². The van der Waals surface area contributed by atoms with Crippen LogP contribution in [0.2, 0.25) is 54.4 Å². The summed E-state index contributed by atoms with van der Waals surface area (Å²) >= 11 is 0. The molecule has 0 amide bonds. The Labute approximate surface area is 241 Å². The van der Waals surface area contributed by atoms with Crippen LogP contribution in [-0.2, 0) is 18.0 Å². The smallest absolute Gasteiger partial charge is 0.192 e. The number of nitrogens with zero attached hydrogens (tertiary/aromatic N) is 3. The van der Waals surface area contributed by atoms with Gasteiger partial charge in [0.25, 0.3) is 0 Å². The third-order valence-electron chi connectivity index (χ3n) is 9.48. The van der Waals surface area contributed by atoms with Crippen molar-refractivity contribution < 1.29 is 18.0 Å². The predicted molar refractivity (Wildman–Crippen MR) is 166 cm³/mol. The van der Waals surface area contributed by atoms with E-state index in [9.17, 15) is 5.26 Å². The Morgan fingerprint density at radius 1 is 0.872 bits per heavy atom. The highest BCUT2D eigenvalue weighted by Crippen LogP contribution is 2.46. The van der Waals surface area contributed by atoms with Gasteiger partial charge in [0.15, 0.2) is 36.9 Å². The fourth-order valence-electron chi connectivity index (χ4n) is 3.65. The molecule has 0 spiro atoms. The lowest BCUT2D eigenvalue weighted by Crippen LogP contribution is -2.54. The Morgan fingerprint density at radius 3 is 1.74 bits per heavy atom. The SMILES string of the molecule is C#Cc1c(C#N)ncn1[C@@H]1O[C@H](CO[Si](C)(C)C(C)(C)C)[C@H](O[Si](C)(C)C(C)(C)C)C1O[Si](C)(C)C(C)(C)C. The molecule has 7 nitrogen and oxygen atoms in total. The summed E-state index contributed by atoms with van der Waals surface area (Å²) in [7, 11) is -6.60. The Bertz CT molecular complexity index is 1100. The van der Waals surface area contributed by atoms with Crippen molar-refractivity contribution in [3.8, 4) is 18.4 Å². The van der Waals surface area contributed by atoms with E-state index in [1.54, 1.807) is 10.9 Å². The Balaban J connectivity index is 2.68. The maximum Gasteiger partial charge on any atom is 0.192 e. The van der Waals surface area contributed by atoms with Gasteiger partial charge >= 0.3 is 0 Å². The first-order chi connectivity index (χ1) is 17.4. The molecule has 1 aromatic rings. The van der Waals surface area contributed by atoms with Crippen LogP contribution in [0.25, 0.3) is 0 Å². The average molecular weight is 592 g/mol. The minimum absolute atomic E-state index is 0.00952. The lowest BCUT2D eigenvalue weighted by molar-refractivity contribution is -0.0491. The van der Waals surface area contributed by atoms with Gasteiger partial charge in [-0.05, 0) is 60.3 Å². The van der Waals surface area contributed by atoms with E-state index in [1.165, 1.54) is 0 Å². The maximum atomic E-state index is 9.64. The molecule has 1 unspecified atom stereocenters. The summed E-state index contributed by atoms with van der Waals surface area (Å²) in [5.41, 5.74) is 0.596. The zero-order valence-electron chi connectivity index (χ0n) is 27.1. The number of rotatable bonds is 8. The summed E-state index contributed by atoms with van der Waals surface area (Å²) in [5, 5.41) is 9.66. The molecule has 2 rings (SSSR count). The maximum absolute atomic E-state index is 9.64. The van der Waals surface area contributed by atoms with Crippen molar-refractivity contribution in [3.63, 3.8) is 0 Å². The van der Waals surface area contributed by atoms with Crippen LogP contribution in [0, 0.1) is 23.7 Å². The first kappa shape index (κ1) is 34.0. The first-order valence-electron chi connectivity index (χ1n) is 14.0. The Hall–Kier alpha value is -1.25. The number of terminal acetylenes is 1. The topological polar surface area (TPSA) is 78.5 Å². The van der Waals surface area contributed by atoms with Crippen molar-refractivity contribution in [1.82, 2.24) is 9.55 Å². The molecule has 10 heteroatoms. The van der Waals surface area contributed by atoms with E-state index in [-0.39, 0.29) is 33.0 Å². The molecule has 0 saturated carbocycles. The highest BCUT2D eigenvalue weighted by Gasteiger charge is 2.55. The molecule has 0 aromatic carbocycles. The second-order valence-electron chi connectivity index (χ2n) is 15.4. The predicted octanol–water partition coefficient (Wildman–Crippen LogP) is 7.44. The molecule has 0 bridgehead atoms. The average Bonchev–Trinajstić information content (AvgIpc) is 3.30. The molecular formula is C29H53N3O4Si3. The highest BCUT2D eigenvalue weighted by molar-refractivity contribution is 6.75. The van der Waals surface area contributed by atoms with E-state index in [4.69, 9.17) is 24.4 Å². The quantitative estimate of drug-likeness (QED) is 0.231. The monoisotopic (exact) mass is 591 g/mol. The van der Waals surface area contributed by atoms with Crippen molar-refractivity contribution in [1.29, 1.82) is 5.26 Å². The molecule has 4 atom stereocenters. The van der Waals surface area contributed by atoms with Crippen LogP contribution in [0.5, 0.6) is 0 Å². The van der Waals surface area contributed by atoms with E-state index < -0.39 is 37.3 Å². The molecular weight excluding hydrogens is 539 g/mol. The highest BCUT2D eigenvalue weighted by atomic mass is 28.4. The molecule has 39 heavy (non-hydrogen) atoms. The molecule has 220 valence electrons. The second kappa shape index (κ2) is 11.2.